The van der Waals surface area contributed by atoms with E-state index in [1.165, 1.54) is 12.8 Å². The van der Waals surface area contributed by atoms with Gasteiger partial charge in [-0.25, -0.2) is 4.79 Å². The highest BCUT2D eigenvalue weighted by Crippen LogP contribution is 2.35. The molecule has 0 bridgehead atoms. The molecule has 21 heavy (non-hydrogen) atoms. The van der Waals surface area contributed by atoms with E-state index < -0.39 is 18.8 Å². The summed E-state index contributed by atoms with van der Waals surface area (Å²) in [6, 6.07) is 6.74. The van der Waals surface area contributed by atoms with Gasteiger partial charge in [-0.3, -0.25) is 0 Å². The van der Waals surface area contributed by atoms with E-state index in [-0.39, 0.29) is 5.56 Å². The van der Waals surface area contributed by atoms with Crippen molar-refractivity contribution in [3.05, 3.63) is 35.4 Å². The van der Waals surface area contributed by atoms with Gasteiger partial charge in [0.1, 0.15) is 0 Å². The summed E-state index contributed by atoms with van der Waals surface area (Å²) < 4.78 is 40.2. The summed E-state index contributed by atoms with van der Waals surface area (Å²) in [7, 11) is 0. The van der Waals surface area contributed by atoms with Gasteiger partial charge in [-0.2, -0.15) is 13.2 Å². The standard InChI is InChI=1S/C16H19F3O2/c1-11-2-4-12(5-3-11)13-6-8-14(9-7-13)15(20)21-10-16(17,18)19/h6-9,11-12H,2-5,10H2,1H3. The molecule has 0 amide bonds. The van der Waals surface area contributed by atoms with Gasteiger partial charge in [0, 0.05) is 0 Å². The van der Waals surface area contributed by atoms with Crippen molar-refractivity contribution in [1.29, 1.82) is 0 Å². The van der Waals surface area contributed by atoms with E-state index in [4.69, 9.17) is 0 Å². The quantitative estimate of drug-likeness (QED) is 0.756. The minimum absolute atomic E-state index is 0.159. The molecule has 0 saturated heterocycles. The molecule has 0 N–H and O–H groups in total. The molecule has 1 aromatic carbocycles. The first-order chi connectivity index (χ1) is 9.85. The Kier molecular flexibility index (Phi) is 4.91. The zero-order chi connectivity index (χ0) is 15.5. The Bertz CT molecular complexity index is 471. The smallest absolute Gasteiger partial charge is 0.422 e. The van der Waals surface area contributed by atoms with Crippen molar-refractivity contribution < 1.29 is 22.7 Å². The third-order valence-electron chi connectivity index (χ3n) is 4.00. The second-order valence-corrected chi connectivity index (χ2v) is 5.77. The first-order valence-electron chi connectivity index (χ1n) is 7.19. The molecule has 1 aromatic rings. The normalized spacial score (nSPS) is 22.9. The summed E-state index contributed by atoms with van der Waals surface area (Å²) >= 11 is 0. The number of hydrogen-bond acceptors (Lipinski definition) is 2. The monoisotopic (exact) mass is 300 g/mol. The van der Waals surface area contributed by atoms with Crippen molar-refractivity contribution in [2.75, 3.05) is 6.61 Å². The highest BCUT2D eigenvalue weighted by Gasteiger charge is 2.29. The third kappa shape index (κ3) is 4.76. The summed E-state index contributed by atoms with van der Waals surface area (Å²) in [4.78, 5) is 11.5. The van der Waals surface area contributed by atoms with Gasteiger partial charge in [0.25, 0.3) is 0 Å². The van der Waals surface area contributed by atoms with Crippen molar-refractivity contribution in [3.8, 4) is 0 Å². The van der Waals surface area contributed by atoms with E-state index in [9.17, 15) is 18.0 Å². The minimum atomic E-state index is -4.49. The van der Waals surface area contributed by atoms with E-state index in [0.717, 1.165) is 24.3 Å². The fourth-order valence-corrected chi connectivity index (χ4v) is 2.72. The lowest BCUT2D eigenvalue weighted by molar-refractivity contribution is -0.161. The molecule has 116 valence electrons. The number of esters is 1. The van der Waals surface area contributed by atoms with Crippen LogP contribution in [0.4, 0.5) is 13.2 Å². The van der Waals surface area contributed by atoms with Crippen LogP contribution in [-0.4, -0.2) is 18.8 Å². The van der Waals surface area contributed by atoms with Crippen LogP contribution < -0.4 is 0 Å². The molecule has 5 heteroatoms. The van der Waals surface area contributed by atoms with Gasteiger partial charge < -0.3 is 4.74 Å². The Morgan fingerprint density at radius 1 is 1.14 bits per heavy atom. The van der Waals surface area contributed by atoms with E-state index >= 15 is 0 Å². The van der Waals surface area contributed by atoms with Crippen LogP contribution in [0.5, 0.6) is 0 Å². The maximum Gasteiger partial charge on any atom is 0.422 e. The van der Waals surface area contributed by atoms with Crippen molar-refractivity contribution in [2.45, 2.75) is 44.7 Å². The number of carbonyl (C=O) groups excluding carboxylic acids is 1. The molecule has 1 aliphatic rings. The van der Waals surface area contributed by atoms with E-state index in [1.807, 2.05) is 12.1 Å². The molecule has 2 nitrogen and oxygen atoms in total. The van der Waals surface area contributed by atoms with Gasteiger partial charge in [0.2, 0.25) is 0 Å². The maximum atomic E-state index is 12.0. The van der Waals surface area contributed by atoms with E-state index in [0.29, 0.717) is 5.92 Å². The fourth-order valence-electron chi connectivity index (χ4n) is 2.72. The van der Waals surface area contributed by atoms with Crippen molar-refractivity contribution in [1.82, 2.24) is 0 Å². The SMILES string of the molecule is CC1CCC(c2ccc(C(=O)OCC(F)(F)F)cc2)CC1. The molecular weight excluding hydrogens is 281 g/mol. The molecule has 0 spiro atoms. The minimum Gasteiger partial charge on any atom is -0.452 e. The Hall–Kier alpha value is -1.52. The fraction of sp³-hybridized carbons (Fsp3) is 0.562. The van der Waals surface area contributed by atoms with E-state index in [2.05, 4.69) is 11.7 Å². The van der Waals surface area contributed by atoms with Crippen LogP contribution >= 0.6 is 0 Å². The summed E-state index contributed by atoms with van der Waals surface area (Å²) in [5.74, 6) is 0.315. The highest BCUT2D eigenvalue weighted by molar-refractivity contribution is 5.89. The van der Waals surface area contributed by atoms with Crippen LogP contribution in [0.15, 0.2) is 24.3 Å². The van der Waals surface area contributed by atoms with Gasteiger partial charge in [-0.1, -0.05) is 31.9 Å². The average Bonchev–Trinajstić information content (AvgIpc) is 2.45. The van der Waals surface area contributed by atoms with Crippen LogP contribution in [0.3, 0.4) is 0 Å². The Morgan fingerprint density at radius 2 is 1.71 bits per heavy atom. The lowest BCUT2D eigenvalue weighted by atomic mass is 9.79. The third-order valence-corrected chi connectivity index (χ3v) is 4.00. The number of ether oxygens (including phenoxy) is 1. The molecule has 0 heterocycles. The van der Waals surface area contributed by atoms with Gasteiger partial charge >= 0.3 is 12.1 Å². The number of rotatable bonds is 3. The number of alkyl halides is 3. The van der Waals surface area contributed by atoms with E-state index in [1.54, 1.807) is 12.1 Å². The number of benzene rings is 1. The molecule has 1 saturated carbocycles. The molecule has 0 aliphatic heterocycles. The Balaban J connectivity index is 1.94. The summed E-state index contributed by atoms with van der Waals surface area (Å²) in [6.07, 6.45) is 0.145. The zero-order valence-corrected chi connectivity index (χ0v) is 12.0. The molecule has 0 radical (unpaired) electrons. The molecule has 1 fully saturated rings. The lowest BCUT2D eigenvalue weighted by Crippen LogP contribution is -2.20. The average molecular weight is 300 g/mol. The Morgan fingerprint density at radius 3 is 2.24 bits per heavy atom. The van der Waals surface area contributed by atoms with Gasteiger partial charge in [0.05, 0.1) is 5.56 Å². The lowest BCUT2D eigenvalue weighted by Gasteiger charge is -2.26. The van der Waals surface area contributed by atoms with Gasteiger partial charge in [0.15, 0.2) is 6.61 Å². The maximum absolute atomic E-state index is 12.0. The topological polar surface area (TPSA) is 26.3 Å². The van der Waals surface area contributed by atoms with Crippen LogP contribution in [-0.2, 0) is 4.74 Å². The highest BCUT2D eigenvalue weighted by atomic mass is 19.4. The molecule has 0 unspecified atom stereocenters. The number of carbonyl (C=O) groups is 1. The second-order valence-electron chi connectivity index (χ2n) is 5.77. The van der Waals surface area contributed by atoms with Crippen LogP contribution in [0, 0.1) is 5.92 Å². The predicted octanol–water partition coefficient (Wildman–Crippen LogP) is 4.70. The molecule has 0 atom stereocenters. The van der Waals surface area contributed by atoms with Crippen molar-refractivity contribution in [2.24, 2.45) is 5.92 Å². The Labute approximate surface area is 122 Å². The summed E-state index contributed by atoms with van der Waals surface area (Å²) in [6.45, 7) is 0.698. The number of hydrogen-bond donors (Lipinski definition) is 0. The zero-order valence-electron chi connectivity index (χ0n) is 12.0. The molecular formula is C16H19F3O2. The van der Waals surface area contributed by atoms with Crippen molar-refractivity contribution in [3.63, 3.8) is 0 Å². The second kappa shape index (κ2) is 6.50. The van der Waals surface area contributed by atoms with Gasteiger partial charge in [-0.05, 0) is 42.4 Å². The van der Waals surface area contributed by atoms with Crippen LogP contribution in [0.2, 0.25) is 0 Å². The largest absolute Gasteiger partial charge is 0.452 e. The summed E-state index contributed by atoms with van der Waals surface area (Å²) in [5, 5.41) is 0. The first-order valence-corrected chi connectivity index (χ1v) is 7.19. The van der Waals surface area contributed by atoms with Crippen LogP contribution in [0.25, 0.3) is 0 Å². The van der Waals surface area contributed by atoms with Crippen molar-refractivity contribution >= 4 is 5.97 Å². The predicted molar refractivity (Wildman–Crippen MR) is 73.2 cm³/mol. The molecule has 0 aromatic heterocycles. The number of halogens is 3. The van der Waals surface area contributed by atoms with Gasteiger partial charge in [-0.15, -0.1) is 0 Å². The molecule has 2 rings (SSSR count). The van der Waals surface area contributed by atoms with Crippen LogP contribution in [0.1, 0.15) is 54.4 Å². The first kappa shape index (κ1) is 15.9. The molecule has 1 aliphatic carbocycles. The summed E-state index contributed by atoms with van der Waals surface area (Å²) in [5.41, 5.74) is 1.31.